The van der Waals surface area contributed by atoms with Gasteiger partial charge >= 0.3 is 0 Å². The quantitative estimate of drug-likeness (QED) is 0.804. The highest BCUT2D eigenvalue weighted by Crippen LogP contribution is 2.15. The largest absolute Gasteiger partial charge is 0.344 e. The highest BCUT2D eigenvalue weighted by Gasteiger charge is 2.11. The van der Waals surface area contributed by atoms with Gasteiger partial charge in [-0.2, -0.15) is 0 Å². The number of hydrogen-bond donors (Lipinski definition) is 1. The Bertz CT molecular complexity index is 311. The molecule has 0 heterocycles. The predicted octanol–water partition coefficient (Wildman–Crippen LogP) is 1.21. The molecule has 1 rings (SSSR count). The zero-order valence-corrected chi connectivity index (χ0v) is 9.31. The van der Waals surface area contributed by atoms with Crippen molar-refractivity contribution in [3.63, 3.8) is 0 Å². The smallest absolute Gasteiger partial charge is 0.236 e. The van der Waals surface area contributed by atoms with Gasteiger partial charge in [-0.05, 0) is 11.5 Å². The van der Waals surface area contributed by atoms with Gasteiger partial charge in [-0.15, -0.1) is 0 Å². The van der Waals surface area contributed by atoms with E-state index in [1.165, 1.54) is 5.56 Å². The van der Waals surface area contributed by atoms with Crippen molar-refractivity contribution in [3.05, 3.63) is 35.9 Å². The van der Waals surface area contributed by atoms with Crippen molar-refractivity contribution in [2.24, 2.45) is 5.73 Å². The van der Waals surface area contributed by atoms with Crippen LogP contribution in [0.15, 0.2) is 30.3 Å². The maximum atomic E-state index is 11.3. The van der Waals surface area contributed by atoms with E-state index in [1.54, 1.807) is 11.9 Å². The second kappa shape index (κ2) is 5.51. The van der Waals surface area contributed by atoms with Gasteiger partial charge in [-0.1, -0.05) is 37.3 Å². The first-order valence-electron chi connectivity index (χ1n) is 5.14. The van der Waals surface area contributed by atoms with Crippen LogP contribution in [0.3, 0.4) is 0 Å². The Balaban J connectivity index is 2.56. The molecule has 1 aromatic carbocycles. The molecule has 0 fully saturated rings. The lowest BCUT2D eigenvalue weighted by molar-refractivity contribution is -0.128. The van der Waals surface area contributed by atoms with E-state index in [0.717, 1.165) is 0 Å². The third-order valence-electron chi connectivity index (χ3n) is 2.52. The zero-order chi connectivity index (χ0) is 11.3. The first kappa shape index (κ1) is 11.7. The molecule has 1 unspecified atom stereocenters. The molecular weight excluding hydrogens is 188 g/mol. The van der Waals surface area contributed by atoms with E-state index in [2.05, 4.69) is 19.1 Å². The monoisotopic (exact) mass is 206 g/mol. The third kappa shape index (κ3) is 3.36. The van der Waals surface area contributed by atoms with E-state index in [1.807, 2.05) is 18.2 Å². The third-order valence-corrected chi connectivity index (χ3v) is 2.52. The van der Waals surface area contributed by atoms with Gasteiger partial charge in [0.05, 0.1) is 6.54 Å². The molecule has 0 aromatic heterocycles. The zero-order valence-electron chi connectivity index (χ0n) is 9.31. The molecule has 0 aliphatic rings. The molecule has 0 aliphatic carbocycles. The van der Waals surface area contributed by atoms with Crippen molar-refractivity contribution in [2.75, 3.05) is 20.1 Å². The molecule has 1 atom stereocenters. The number of hydrogen-bond acceptors (Lipinski definition) is 2. The van der Waals surface area contributed by atoms with Crippen LogP contribution in [-0.2, 0) is 4.79 Å². The summed E-state index contributed by atoms with van der Waals surface area (Å²) >= 11 is 0. The van der Waals surface area contributed by atoms with Gasteiger partial charge in [0.15, 0.2) is 0 Å². The maximum Gasteiger partial charge on any atom is 0.236 e. The van der Waals surface area contributed by atoms with Crippen LogP contribution < -0.4 is 5.73 Å². The van der Waals surface area contributed by atoms with Gasteiger partial charge in [0.25, 0.3) is 0 Å². The van der Waals surface area contributed by atoms with Crippen LogP contribution in [0.4, 0.5) is 0 Å². The van der Waals surface area contributed by atoms with E-state index < -0.39 is 0 Å². The van der Waals surface area contributed by atoms with Crippen molar-refractivity contribution in [2.45, 2.75) is 12.8 Å². The number of amides is 1. The molecule has 0 spiro atoms. The second-order valence-electron chi connectivity index (χ2n) is 3.79. The summed E-state index contributed by atoms with van der Waals surface area (Å²) in [6, 6.07) is 10.2. The summed E-state index contributed by atoms with van der Waals surface area (Å²) in [5.74, 6) is 0.324. The highest BCUT2D eigenvalue weighted by atomic mass is 16.2. The minimum Gasteiger partial charge on any atom is -0.344 e. The number of likely N-dealkylation sites (N-methyl/N-ethyl adjacent to an activating group) is 1. The summed E-state index contributed by atoms with van der Waals surface area (Å²) < 4.78 is 0. The van der Waals surface area contributed by atoms with Gasteiger partial charge < -0.3 is 10.6 Å². The van der Waals surface area contributed by atoms with Gasteiger partial charge in [0.1, 0.15) is 0 Å². The summed E-state index contributed by atoms with van der Waals surface area (Å²) in [5.41, 5.74) is 6.54. The standard InChI is InChI=1S/C12H18N2O/c1-10(9-14(2)12(15)8-13)11-6-4-3-5-7-11/h3-7,10H,8-9,13H2,1-2H3. The molecule has 2 N–H and O–H groups in total. The molecule has 1 amide bonds. The highest BCUT2D eigenvalue weighted by molar-refractivity contribution is 5.77. The molecule has 15 heavy (non-hydrogen) atoms. The number of carbonyl (C=O) groups excluding carboxylic acids is 1. The van der Waals surface area contributed by atoms with Crippen molar-refractivity contribution in [1.29, 1.82) is 0 Å². The number of nitrogens with zero attached hydrogens (tertiary/aromatic N) is 1. The van der Waals surface area contributed by atoms with E-state index in [0.29, 0.717) is 12.5 Å². The molecule has 0 saturated carbocycles. The Morgan fingerprint density at radius 1 is 1.40 bits per heavy atom. The van der Waals surface area contributed by atoms with Gasteiger partial charge in [0, 0.05) is 13.6 Å². The maximum absolute atomic E-state index is 11.3. The molecule has 0 bridgehead atoms. The van der Waals surface area contributed by atoms with Crippen LogP contribution in [0, 0.1) is 0 Å². The van der Waals surface area contributed by atoms with Gasteiger partial charge in [-0.3, -0.25) is 4.79 Å². The van der Waals surface area contributed by atoms with Crippen LogP contribution in [0.1, 0.15) is 18.4 Å². The normalized spacial score (nSPS) is 12.2. The fourth-order valence-electron chi connectivity index (χ4n) is 1.56. The molecule has 3 nitrogen and oxygen atoms in total. The minimum absolute atomic E-state index is 0.0159. The van der Waals surface area contributed by atoms with Crippen LogP contribution in [0.2, 0.25) is 0 Å². The van der Waals surface area contributed by atoms with Crippen LogP contribution in [0.25, 0.3) is 0 Å². The number of benzene rings is 1. The van der Waals surface area contributed by atoms with E-state index in [9.17, 15) is 4.79 Å². The van der Waals surface area contributed by atoms with E-state index >= 15 is 0 Å². The summed E-state index contributed by atoms with van der Waals surface area (Å²) in [5, 5.41) is 0. The SMILES string of the molecule is CC(CN(C)C(=O)CN)c1ccccc1. The lowest BCUT2D eigenvalue weighted by Gasteiger charge is -2.21. The lowest BCUT2D eigenvalue weighted by atomic mass is 10.0. The molecule has 82 valence electrons. The molecule has 0 aliphatic heterocycles. The van der Waals surface area contributed by atoms with Crippen molar-refractivity contribution < 1.29 is 4.79 Å². The average molecular weight is 206 g/mol. The number of nitrogens with two attached hydrogens (primary N) is 1. The molecule has 1 aromatic rings. The first-order valence-corrected chi connectivity index (χ1v) is 5.14. The summed E-state index contributed by atoms with van der Waals surface area (Å²) in [7, 11) is 1.79. The number of rotatable bonds is 4. The fourth-order valence-corrected chi connectivity index (χ4v) is 1.56. The van der Waals surface area contributed by atoms with Crippen LogP contribution in [0.5, 0.6) is 0 Å². The van der Waals surface area contributed by atoms with Crippen molar-refractivity contribution in [3.8, 4) is 0 Å². The molecule has 0 radical (unpaired) electrons. The van der Waals surface area contributed by atoms with E-state index in [4.69, 9.17) is 5.73 Å². The molecule has 0 saturated heterocycles. The van der Waals surface area contributed by atoms with E-state index in [-0.39, 0.29) is 12.5 Å². The van der Waals surface area contributed by atoms with Crippen molar-refractivity contribution >= 4 is 5.91 Å². The average Bonchev–Trinajstić information content (AvgIpc) is 2.29. The molecule has 3 heteroatoms. The topological polar surface area (TPSA) is 46.3 Å². The summed E-state index contributed by atoms with van der Waals surface area (Å²) in [6.45, 7) is 2.90. The second-order valence-corrected chi connectivity index (χ2v) is 3.79. The minimum atomic E-state index is -0.0159. The lowest BCUT2D eigenvalue weighted by Crippen LogP contribution is -2.35. The van der Waals surface area contributed by atoms with Crippen LogP contribution in [-0.4, -0.2) is 30.9 Å². The Morgan fingerprint density at radius 2 is 2.00 bits per heavy atom. The Hall–Kier alpha value is -1.35. The first-order chi connectivity index (χ1) is 7.15. The predicted molar refractivity (Wildman–Crippen MR) is 61.5 cm³/mol. The number of carbonyl (C=O) groups is 1. The summed E-state index contributed by atoms with van der Waals surface area (Å²) in [6.07, 6.45) is 0. The van der Waals surface area contributed by atoms with Gasteiger partial charge in [-0.25, -0.2) is 0 Å². The summed E-state index contributed by atoms with van der Waals surface area (Å²) in [4.78, 5) is 13.0. The Labute approximate surface area is 90.9 Å². The fraction of sp³-hybridized carbons (Fsp3) is 0.417. The van der Waals surface area contributed by atoms with Gasteiger partial charge in [0.2, 0.25) is 5.91 Å². The van der Waals surface area contributed by atoms with Crippen LogP contribution >= 0.6 is 0 Å². The molecular formula is C12H18N2O. The Kier molecular flexibility index (Phi) is 4.31. The Morgan fingerprint density at radius 3 is 2.53 bits per heavy atom. The van der Waals surface area contributed by atoms with Crippen molar-refractivity contribution in [1.82, 2.24) is 4.90 Å².